The van der Waals surface area contributed by atoms with E-state index in [9.17, 15) is 32.7 Å². The van der Waals surface area contributed by atoms with Gasteiger partial charge in [-0.2, -0.15) is 13.2 Å². The Morgan fingerprint density at radius 1 is 0.891 bits per heavy atom. The third kappa shape index (κ3) is 9.12. The number of amides is 3. The average Bonchev–Trinajstić information content (AvgIpc) is 3.04. The van der Waals surface area contributed by atoms with Crippen LogP contribution in [0, 0.1) is 6.92 Å². The fourth-order valence-corrected chi connectivity index (χ4v) is 4.14. The first-order valence-corrected chi connectivity index (χ1v) is 13.8. The van der Waals surface area contributed by atoms with Gasteiger partial charge in [0.2, 0.25) is 11.9 Å². The van der Waals surface area contributed by atoms with Crippen LogP contribution in [0.2, 0.25) is 0 Å². The molecule has 0 unspecified atom stereocenters. The van der Waals surface area contributed by atoms with Crippen molar-refractivity contribution in [1.29, 1.82) is 0 Å². The minimum Gasteiger partial charge on any atom is -0.394 e. The van der Waals surface area contributed by atoms with Crippen molar-refractivity contribution < 1.29 is 32.7 Å². The van der Waals surface area contributed by atoms with Gasteiger partial charge >= 0.3 is 6.18 Å². The quantitative estimate of drug-likeness (QED) is 0.117. The minimum absolute atomic E-state index is 0.181. The van der Waals surface area contributed by atoms with Gasteiger partial charge in [0, 0.05) is 34.7 Å². The normalized spacial score (nSPS) is 11.6. The van der Waals surface area contributed by atoms with Crippen LogP contribution in [0.5, 0.6) is 0 Å². The number of halogens is 3. The molecule has 11 nitrogen and oxygen atoms in total. The number of aryl methyl sites for hydroxylation is 1. The number of hydrogen-bond donors (Lipinski definition) is 6. The Morgan fingerprint density at radius 2 is 1.59 bits per heavy atom. The zero-order chi connectivity index (χ0) is 33.3. The summed E-state index contributed by atoms with van der Waals surface area (Å²) in [6, 6.07) is 15.3. The Bertz CT molecular complexity index is 1730. The molecule has 4 rings (SSSR count). The van der Waals surface area contributed by atoms with E-state index in [1.807, 2.05) is 6.07 Å². The van der Waals surface area contributed by atoms with Crippen LogP contribution in [-0.4, -0.2) is 52.0 Å². The molecule has 0 spiro atoms. The summed E-state index contributed by atoms with van der Waals surface area (Å²) in [6.45, 7) is 5.10. The summed E-state index contributed by atoms with van der Waals surface area (Å²) in [6.07, 6.45) is -0.665. The summed E-state index contributed by atoms with van der Waals surface area (Å²) >= 11 is 0. The van der Waals surface area contributed by atoms with Gasteiger partial charge in [-0.1, -0.05) is 24.8 Å². The maximum atomic E-state index is 13.0. The topological polar surface area (TPSA) is 157 Å². The van der Waals surface area contributed by atoms with Gasteiger partial charge in [0.1, 0.15) is 0 Å². The molecular formula is C32H30F3N7O4. The van der Waals surface area contributed by atoms with Gasteiger partial charge in [-0.3, -0.25) is 14.4 Å². The van der Waals surface area contributed by atoms with Crippen molar-refractivity contribution in [3.8, 4) is 0 Å². The van der Waals surface area contributed by atoms with Gasteiger partial charge in [0.05, 0.1) is 36.3 Å². The van der Waals surface area contributed by atoms with E-state index in [0.29, 0.717) is 22.6 Å². The SMILES string of the molecule is C=CC(=O)N[C@@H](CO)CNc1cccc(Nc2ncc(NC(=O)c3cc(NC(=O)c4cccc(C(F)(F)F)c4)ccc3C)cn2)c1. The molecule has 0 aliphatic heterocycles. The molecule has 3 amide bonds. The first-order chi connectivity index (χ1) is 21.9. The molecule has 0 saturated heterocycles. The van der Waals surface area contributed by atoms with E-state index in [0.717, 1.165) is 24.3 Å². The standard InChI is InChI=1S/C32H30F3N7O4/c1-3-28(44)39-26(18-43)17-36-22-8-5-9-23(13-22)42-31-37-15-25(16-38-31)41-30(46)27-14-24(11-10-19(27)2)40-29(45)20-6-4-7-21(12-20)32(33,34)35/h3-16,26,36,43H,1,17-18H2,2H3,(H,39,44)(H,40,45)(H,41,46)(H,37,38,42)/t26-/m1/s1. The number of carbonyl (C=O) groups is 3. The number of nitrogens with zero attached hydrogens (tertiary/aromatic N) is 2. The molecule has 0 radical (unpaired) electrons. The van der Waals surface area contributed by atoms with Crippen molar-refractivity contribution in [2.24, 2.45) is 0 Å². The lowest BCUT2D eigenvalue weighted by Crippen LogP contribution is -2.41. The van der Waals surface area contributed by atoms with Crippen molar-refractivity contribution in [3.63, 3.8) is 0 Å². The number of alkyl halides is 3. The second-order valence-electron chi connectivity index (χ2n) is 9.99. The molecule has 0 aliphatic rings. The van der Waals surface area contributed by atoms with Crippen LogP contribution in [0.25, 0.3) is 0 Å². The predicted octanol–water partition coefficient (Wildman–Crippen LogP) is 5.13. The Hall–Kier alpha value is -5.76. The number of carbonyl (C=O) groups excluding carboxylic acids is 3. The van der Waals surface area contributed by atoms with Crippen LogP contribution >= 0.6 is 0 Å². The number of rotatable bonds is 12. The number of nitrogens with one attached hydrogen (secondary N) is 5. The summed E-state index contributed by atoms with van der Waals surface area (Å²) in [5.74, 6) is -1.42. The zero-order valence-corrected chi connectivity index (χ0v) is 24.5. The van der Waals surface area contributed by atoms with Crippen LogP contribution in [0.1, 0.15) is 31.8 Å². The van der Waals surface area contributed by atoms with E-state index in [1.54, 1.807) is 31.2 Å². The Morgan fingerprint density at radius 3 is 2.28 bits per heavy atom. The molecule has 4 aromatic rings. The summed E-state index contributed by atoms with van der Waals surface area (Å²) in [5.41, 5.74) is 1.56. The molecule has 238 valence electrons. The highest BCUT2D eigenvalue weighted by atomic mass is 19.4. The number of anilines is 5. The maximum absolute atomic E-state index is 13.0. The van der Waals surface area contributed by atoms with E-state index in [-0.39, 0.29) is 35.9 Å². The highest BCUT2D eigenvalue weighted by molar-refractivity contribution is 6.08. The third-order valence-electron chi connectivity index (χ3n) is 6.53. The van der Waals surface area contributed by atoms with E-state index < -0.39 is 35.5 Å². The Labute approximate surface area is 262 Å². The summed E-state index contributed by atoms with van der Waals surface area (Å²) < 4.78 is 39.1. The predicted molar refractivity (Wildman–Crippen MR) is 168 cm³/mol. The average molecular weight is 634 g/mol. The Kier molecular flexibility index (Phi) is 10.7. The molecule has 0 saturated carbocycles. The first kappa shape index (κ1) is 33.1. The van der Waals surface area contributed by atoms with Gasteiger partial charge in [-0.05, 0) is 67.1 Å². The van der Waals surface area contributed by atoms with Gasteiger partial charge < -0.3 is 31.7 Å². The van der Waals surface area contributed by atoms with Crippen molar-refractivity contribution >= 4 is 46.4 Å². The van der Waals surface area contributed by atoms with Crippen LogP contribution in [0.3, 0.4) is 0 Å². The molecule has 0 bridgehead atoms. The molecule has 1 aromatic heterocycles. The molecule has 0 fully saturated rings. The molecule has 3 aromatic carbocycles. The van der Waals surface area contributed by atoms with Gasteiger partial charge in [-0.15, -0.1) is 0 Å². The number of hydrogen-bond acceptors (Lipinski definition) is 8. The molecule has 46 heavy (non-hydrogen) atoms. The van der Waals surface area contributed by atoms with Crippen molar-refractivity contribution in [2.75, 3.05) is 34.4 Å². The monoisotopic (exact) mass is 633 g/mol. The number of benzene rings is 3. The van der Waals surface area contributed by atoms with Crippen LogP contribution < -0.4 is 26.6 Å². The fraction of sp³-hybridized carbons (Fsp3) is 0.156. The molecule has 14 heteroatoms. The Balaban J connectivity index is 1.36. The lowest BCUT2D eigenvalue weighted by atomic mass is 10.1. The smallest absolute Gasteiger partial charge is 0.394 e. The van der Waals surface area contributed by atoms with Crippen molar-refractivity contribution in [3.05, 3.63) is 114 Å². The van der Waals surface area contributed by atoms with E-state index in [4.69, 9.17) is 0 Å². The highest BCUT2D eigenvalue weighted by Crippen LogP contribution is 2.30. The van der Waals surface area contributed by atoms with E-state index in [2.05, 4.69) is 43.1 Å². The van der Waals surface area contributed by atoms with Gasteiger partial charge in [0.15, 0.2) is 0 Å². The number of aliphatic hydroxyl groups excluding tert-OH is 1. The first-order valence-electron chi connectivity index (χ1n) is 13.8. The van der Waals surface area contributed by atoms with Gasteiger partial charge in [0.25, 0.3) is 11.8 Å². The second kappa shape index (κ2) is 14.8. The highest BCUT2D eigenvalue weighted by Gasteiger charge is 2.31. The van der Waals surface area contributed by atoms with E-state index in [1.165, 1.54) is 30.6 Å². The lowest BCUT2D eigenvalue weighted by Gasteiger charge is -2.17. The van der Waals surface area contributed by atoms with Crippen LogP contribution in [-0.2, 0) is 11.0 Å². The van der Waals surface area contributed by atoms with Crippen molar-refractivity contribution in [2.45, 2.75) is 19.1 Å². The molecular weight excluding hydrogens is 603 g/mol. The molecule has 1 atom stereocenters. The van der Waals surface area contributed by atoms with Crippen LogP contribution in [0.4, 0.5) is 41.9 Å². The zero-order valence-electron chi connectivity index (χ0n) is 24.5. The van der Waals surface area contributed by atoms with E-state index >= 15 is 0 Å². The van der Waals surface area contributed by atoms with Crippen molar-refractivity contribution in [1.82, 2.24) is 15.3 Å². The second-order valence-corrected chi connectivity index (χ2v) is 9.99. The molecule has 0 aliphatic carbocycles. The molecule has 6 N–H and O–H groups in total. The third-order valence-corrected chi connectivity index (χ3v) is 6.53. The van der Waals surface area contributed by atoms with Gasteiger partial charge in [-0.25, -0.2) is 9.97 Å². The maximum Gasteiger partial charge on any atom is 0.416 e. The largest absolute Gasteiger partial charge is 0.416 e. The minimum atomic E-state index is -4.59. The summed E-state index contributed by atoms with van der Waals surface area (Å²) in [4.78, 5) is 45.6. The molecule has 1 heterocycles. The summed E-state index contributed by atoms with van der Waals surface area (Å²) in [7, 11) is 0. The van der Waals surface area contributed by atoms with Crippen LogP contribution in [0.15, 0.2) is 91.8 Å². The lowest BCUT2D eigenvalue weighted by molar-refractivity contribution is -0.137. The number of aromatic nitrogens is 2. The number of aliphatic hydroxyl groups is 1. The summed E-state index contributed by atoms with van der Waals surface area (Å²) in [5, 5.41) is 23.5. The fourth-order valence-electron chi connectivity index (χ4n) is 4.14.